The van der Waals surface area contributed by atoms with Gasteiger partial charge in [-0.25, -0.2) is 8.78 Å². The molecule has 0 amide bonds. The van der Waals surface area contributed by atoms with Crippen molar-refractivity contribution in [3.8, 4) is 0 Å². The molecular weight excluding hydrogens is 232 g/mol. The number of likely N-dealkylation sites (tertiary alicyclic amines) is 1. The highest BCUT2D eigenvalue weighted by Crippen LogP contribution is 2.22. The molecule has 0 aromatic carbocycles. The maximum absolute atomic E-state index is 13.7. The second-order valence-corrected chi connectivity index (χ2v) is 4.52. The van der Waals surface area contributed by atoms with Crippen LogP contribution < -0.4 is 0 Å². The highest BCUT2D eigenvalue weighted by atomic mass is 19.1. The van der Waals surface area contributed by atoms with Crippen LogP contribution in [-0.4, -0.2) is 65.6 Å². The Morgan fingerprint density at radius 1 is 1.29 bits per heavy atom. The van der Waals surface area contributed by atoms with Gasteiger partial charge < -0.3 is 14.9 Å². The van der Waals surface area contributed by atoms with Crippen molar-refractivity contribution in [3.63, 3.8) is 0 Å². The van der Waals surface area contributed by atoms with Crippen LogP contribution in [0.5, 0.6) is 0 Å². The van der Waals surface area contributed by atoms with Gasteiger partial charge in [-0.15, -0.1) is 0 Å². The molecule has 1 rings (SSSR count). The number of hydrogen-bond donors (Lipinski definition) is 2. The number of piperidine rings is 1. The minimum atomic E-state index is -1.69. The van der Waals surface area contributed by atoms with E-state index in [0.29, 0.717) is 0 Å². The van der Waals surface area contributed by atoms with Crippen LogP contribution in [-0.2, 0) is 4.74 Å². The Bertz CT molecular complexity index is 219. The summed E-state index contributed by atoms with van der Waals surface area (Å²) in [5.74, 6) is 0. The molecule has 102 valence electrons. The van der Waals surface area contributed by atoms with Crippen molar-refractivity contribution in [1.82, 2.24) is 4.90 Å². The molecule has 4 nitrogen and oxygen atoms in total. The van der Waals surface area contributed by atoms with Crippen molar-refractivity contribution in [2.45, 2.75) is 51.0 Å². The third kappa shape index (κ3) is 4.13. The third-order valence-corrected chi connectivity index (χ3v) is 3.18. The van der Waals surface area contributed by atoms with Crippen LogP contribution in [0.15, 0.2) is 0 Å². The fraction of sp³-hybridized carbons (Fsp3) is 1.00. The molecule has 1 saturated heterocycles. The molecule has 17 heavy (non-hydrogen) atoms. The molecule has 0 aromatic heterocycles. The number of aliphatic hydroxyl groups is 2. The quantitative estimate of drug-likeness (QED) is 0.699. The molecule has 0 aromatic rings. The molecule has 6 heteroatoms. The molecular formula is C11H21F2NO3. The average Bonchev–Trinajstić information content (AvgIpc) is 2.26. The van der Waals surface area contributed by atoms with E-state index in [0.717, 1.165) is 6.42 Å². The Hall–Kier alpha value is -0.300. The standard InChI is InChI=1S/C11H21F2NO3/c1-3-7(2)14-4-8(12)11(9(13)5-14)17-6-10(15)16/h7-11,15-16H,3-6H2,1-2H3. The first-order valence-corrected chi connectivity index (χ1v) is 5.95. The van der Waals surface area contributed by atoms with Crippen LogP contribution in [0.3, 0.4) is 0 Å². The third-order valence-electron chi connectivity index (χ3n) is 3.18. The molecule has 0 aliphatic carbocycles. The molecule has 0 bridgehead atoms. The number of alkyl halides is 2. The van der Waals surface area contributed by atoms with Gasteiger partial charge in [-0.2, -0.15) is 0 Å². The topological polar surface area (TPSA) is 52.9 Å². The summed E-state index contributed by atoms with van der Waals surface area (Å²) in [7, 11) is 0. The smallest absolute Gasteiger partial charge is 0.175 e. The fourth-order valence-electron chi connectivity index (χ4n) is 1.98. The summed E-state index contributed by atoms with van der Waals surface area (Å²) in [5, 5.41) is 17.2. The van der Waals surface area contributed by atoms with E-state index in [4.69, 9.17) is 14.9 Å². The first kappa shape index (κ1) is 14.8. The zero-order chi connectivity index (χ0) is 13.0. The second kappa shape index (κ2) is 6.58. The summed E-state index contributed by atoms with van der Waals surface area (Å²) in [5.41, 5.74) is 0. The van der Waals surface area contributed by atoms with E-state index in [1.165, 1.54) is 0 Å². The van der Waals surface area contributed by atoms with Crippen molar-refractivity contribution in [2.24, 2.45) is 0 Å². The van der Waals surface area contributed by atoms with Gasteiger partial charge in [0.15, 0.2) is 6.29 Å². The number of aliphatic hydroxyl groups excluding tert-OH is 1. The Balaban J connectivity index is 2.50. The molecule has 1 fully saturated rings. The lowest BCUT2D eigenvalue weighted by atomic mass is 10.0. The molecule has 3 atom stereocenters. The first-order chi connectivity index (χ1) is 7.95. The molecule has 3 unspecified atom stereocenters. The molecule has 0 spiro atoms. The zero-order valence-corrected chi connectivity index (χ0v) is 10.2. The van der Waals surface area contributed by atoms with E-state index < -0.39 is 31.3 Å². The van der Waals surface area contributed by atoms with Crippen molar-refractivity contribution in [2.75, 3.05) is 19.7 Å². The van der Waals surface area contributed by atoms with Crippen molar-refractivity contribution in [3.05, 3.63) is 0 Å². The average molecular weight is 253 g/mol. The molecule has 2 N–H and O–H groups in total. The molecule has 0 radical (unpaired) electrons. The van der Waals surface area contributed by atoms with Gasteiger partial charge in [0.05, 0.1) is 6.61 Å². The van der Waals surface area contributed by atoms with Crippen LogP contribution in [0, 0.1) is 0 Å². The van der Waals surface area contributed by atoms with E-state index in [1.54, 1.807) is 4.90 Å². The summed E-state index contributed by atoms with van der Waals surface area (Å²) < 4.78 is 32.3. The summed E-state index contributed by atoms with van der Waals surface area (Å²) in [6, 6.07) is 0.135. The van der Waals surface area contributed by atoms with Gasteiger partial charge in [-0.1, -0.05) is 6.92 Å². The van der Waals surface area contributed by atoms with Crippen LogP contribution in [0.4, 0.5) is 8.78 Å². The number of ether oxygens (including phenoxy) is 1. The highest BCUT2D eigenvalue weighted by Gasteiger charge is 2.39. The van der Waals surface area contributed by atoms with Gasteiger partial charge >= 0.3 is 0 Å². The van der Waals surface area contributed by atoms with Crippen LogP contribution in [0.2, 0.25) is 0 Å². The molecule has 0 saturated carbocycles. The summed E-state index contributed by atoms with van der Waals surface area (Å²) in [6.45, 7) is 3.69. The van der Waals surface area contributed by atoms with E-state index in [9.17, 15) is 8.78 Å². The Kier molecular flexibility index (Phi) is 5.72. The molecule has 1 heterocycles. The van der Waals surface area contributed by atoms with Gasteiger partial charge in [0.25, 0.3) is 0 Å². The van der Waals surface area contributed by atoms with E-state index in [1.807, 2.05) is 13.8 Å². The lowest BCUT2D eigenvalue weighted by Crippen LogP contribution is -2.55. The number of rotatable bonds is 5. The Labute approximate surface area is 100 Å². The largest absolute Gasteiger partial charge is 0.367 e. The van der Waals surface area contributed by atoms with E-state index >= 15 is 0 Å². The molecule has 1 aliphatic heterocycles. The van der Waals surface area contributed by atoms with E-state index in [-0.39, 0.29) is 19.1 Å². The Morgan fingerprint density at radius 3 is 2.24 bits per heavy atom. The zero-order valence-electron chi connectivity index (χ0n) is 10.2. The minimum absolute atomic E-state index is 0.127. The lowest BCUT2D eigenvalue weighted by molar-refractivity contribution is -0.154. The van der Waals surface area contributed by atoms with Crippen molar-refractivity contribution < 1.29 is 23.7 Å². The SMILES string of the molecule is CCC(C)N1CC(F)C(OCC(O)O)C(F)C1. The van der Waals surface area contributed by atoms with Gasteiger partial charge in [-0.3, -0.25) is 4.90 Å². The normalized spacial score (nSPS) is 33.0. The second-order valence-electron chi connectivity index (χ2n) is 4.52. The van der Waals surface area contributed by atoms with Gasteiger partial charge in [0.1, 0.15) is 18.4 Å². The summed E-state index contributed by atoms with van der Waals surface area (Å²) >= 11 is 0. The monoisotopic (exact) mass is 253 g/mol. The highest BCUT2D eigenvalue weighted by molar-refractivity contribution is 4.90. The van der Waals surface area contributed by atoms with Crippen LogP contribution in [0.1, 0.15) is 20.3 Å². The Morgan fingerprint density at radius 2 is 1.82 bits per heavy atom. The lowest BCUT2D eigenvalue weighted by Gasteiger charge is -2.39. The fourth-order valence-corrected chi connectivity index (χ4v) is 1.98. The summed E-state index contributed by atoms with van der Waals surface area (Å²) in [4.78, 5) is 1.75. The van der Waals surface area contributed by atoms with Gasteiger partial charge in [0.2, 0.25) is 0 Å². The maximum Gasteiger partial charge on any atom is 0.175 e. The number of halogens is 2. The van der Waals surface area contributed by atoms with E-state index in [2.05, 4.69) is 0 Å². The van der Waals surface area contributed by atoms with Crippen molar-refractivity contribution in [1.29, 1.82) is 0 Å². The summed E-state index contributed by atoms with van der Waals surface area (Å²) in [6.07, 6.45) is -4.93. The van der Waals surface area contributed by atoms with Gasteiger partial charge in [0, 0.05) is 19.1 Å². The van der Waals surface area contributed by atoms with Crippen LogP contribution in [0.25, 0.3) is 0 Å². The predicted molar refractivity (Wildman–Crippen MR) is 59.1 cm³/mol. The number of nitrogens with zero attached hydrogens (tertiary/aromatic N) is 1. The maximum atomic E-state index is 13.7. The predicted octanol–water partition coefficient (Wildman–Crippen LogP) is 0.473. The van der Waals surface area contributed by atoms with Crippen LogP contribution >= 0.6 is 0 Å². The molecule has 1 aliphatic rings. The first-order valence-electron chi connectivity index (χ1n) is 5.95. The number of hydrogen-bond acceptors (Lipinski definition) is 4. The van der Waals surface area contributed by atoms with Gasteiger partial charge in [-0.05, 0) is 13.3 Å². The minimum Gasteiger partial charge on any atom is -0.367 e. The van der Waals surface area contributed by atoms with Crippen molar-refractivity contribution >= 4 is 0 Å².